The van der Waals surface area contributed by atoms with Gasteiger partial charge < -0.3 is 24.8 Å². The quantitative estimate of drug-likeness (QED) is 0.444. The van der Waals surface area contributed by atoms with E-state index in [2.05, 4.69) is 19.6 Å². The van der Waals surface area contributed by atoms with Crippen molar-refractivity contribution in [3.8, 4) is 5.88 Å². The molecule has 0 spiro atoms. The molecule has 0 atom stereocenters. The Kier molecular flexibility index (Phi) is 6.79. The zero-order valence-corrected chi connectivity index (χ0v) is 19.5. The summed E-state index contributed by atoms with van der Waals surface area (Å²) in [5, 5.41) is 24.6. The zero-order valence-electron chi connectivity index (χ0n) is 19.5. The summed E-state index contributed by atoms with van der Waals surface area (Å²) in [6.45, 7) is 3.39. The first-order chi connectivity index (χ1) is 16.4. The third kappa shape index (κ3) is 5.94. The molecule has 7 nitrogen and oxygen atoms in total. The summed E-state index contributed by atoms with van der Waals surface area (Å²) in [6.07, 6.45) is 2.89. The molecule has 0 aliphatic heterocycles. The third-order valence-electron chi connectivity index (χ3n) is 6.38. The fourth-order valence-electron chi connectivity index (χ4n) is 4.56. The normalized spacial score (nSPS) is 19.1. The number of alkyl halides is 3. The van der Waals surface area contributed by atoms with Crippen LogP contribution >= 0.6 is 0 Å². The van der Waals surface area contributed by atoms with Gasteiger partial charge in [-0.2, -0.15) is 0 Å². The number of aliphatic hydroxyl groups excluding tert-OH is 1. The predicted octanol–water partition coefficient (Wildman–Crippen LogP) is 5.14. The van der Waals surface area contributed by atoms with Crippen LogP contribution in [0.1, 0.15) is 61.6 Å². The van der Waals surface area contributed by atoms with Crippen molar-refractivity contribution >= 4 is 22.4 Å². The van der Waals surface area contributed by atoms with Gasteiger partial charge in [0.25, 0.3) is 5.91 Å². The maximum atomic E-state index is 12.8. The van der Waals surface area contributed by atoms with Gasteiger partial charge in [-0.25, -0.2) is 4.98 Å². The highest BCUT2D eigenvalue weighted by Gasteiger charge is 2.32. The summed E-state index contributed by atoms with van der Waals surface area (Å²) >= 11 is 0. The van der Waals surface area contributed by atoms with Crippen molar-refractivity contribution in [2.24, 2.45) is 5.92 Å². The number of pyridine rings is 1. The summed E-state index contributed by atoms with van der Waals surface area (Å²) in [6, 6.07) is 7.38. The molecule has 1 aliphatic carbocycles. The molecule has 2 heterocycles. The number of ether oxygens (including phenoxy) is 1. The van der Waals surface area contributed by atoms with Crippen molar-refractivity contribution < 1.29 is 32.9 Å². The first-order valence-corrected chi connectivity index (χ1v) is 11.5. The number of hydrogen-bond donors (Lipinski definition) is 3. The van der Waals surface area contributed by atoms with Gasteiger partial charge in [0, 0.05) is 47.7 Å². The summed E-state index contributed by atoms with van der Waals surface area (Å²) in [5.74, 6) is -1.13. The molecule has 1 saturated carbocycles. The number of anilines is 1. The standard InChI is InChI=1S/C25H28F3N3O4/c1-24(2,34)19-10-16-12-31(18-8-6-15(14-32)7-9-18)13-17(16)11-21(19)30-23(33)20-4-3-5-22(29-20)35-25(26,27)28/h3-5,10-13,15,18,32,34H,6-9,14H2,1-2H3,(H,30,33). The second-order valence-electron chi connectivity index (χ2n) is 9.51. The van der Waals surface area contributed by atoms with Gasteiger partial charge in [0.05, 0.1) is 5.60 Å². The zero-order chi connectivity index (χ0) is 25.4. The fraction of sp³-hybridized carbons (Fsp3) is 0.440. The smallest absolute Gasteiger partial charge is 0.396 e. The van der Waals surface area contributed by atoms with E-state index in [0.29, 0.717) is 23.2 Å². The van der Waals surface area contributed by atoms with Crippen LogP contribution in [-0.2, 0) is 5.60 Å². The van der Waals surface area contributed by atoms with Gasteiger partial charge in [-0.1, -0.05) is 6.07 Å². The molecule has 0 radical (unpaired) electrons. The van der Waals surface area contributed by atoms with Crippen LogP contribution in [0.2, 0.25) is 0 Å². The Bertz CT molecular complexity index is 1210. The first-order valence-electron chi connectivity index (χ1n) is 11.5. The average Bonchev–Trinajstić information content (AvgIpc) is 3.20. The average molecular weight is 492 g/mol. The van der Waals surface area contributed by atoms with E-state index >= 15 is 0 Å². The summed E-state index contributed by atoms with van der Waals surface area (Å²) < 4.78 is 43.5. The number of carbonyl (C=O) groups is 1. The Morgan fingerprint density at radius 3 is 2.40 bits per heavy atom. The number of hydrogen-bond acceptors (Lipinski definition) is 5. The maximum Gasteiger partial charge on any atom is 0.574 e. The molecule has 188 valence electrons. The van der Waals surface area contributed by atoms with Gasteiger partial charge in [0.15, 0.2) is 0 Å². The van der Waals surface area contributed by atoms with E-state index in [1.807, 2.05) is 12.4 Å². The van der Waals surface area contributed by atoms with Gasteiger partial charge >= 0.3 is 6.36 Å². The van der Waals surface area contributed by atoms with Crippen LogP contribution in [0.3, 0.4) is 0 Å². The lowest BCUT2D eigenvalue weighted by atomic mass is 9.86. The maximum absolute atomic E-state index is 12.8. The molecule has 35 heavy (non-hydrogen) atoms. The van der Waals surface area contributed by atoms with E-state index in [9.17, 15) is 28.2 Å². The number of aromatic nitrogens is 2. The lowest BCUT2D eigenvalue weighted by molar-refractivity contribution is -0.276. The topological polar surface area (TPSA) is 96.6 Å². The first kappa shape index (κ1) is 25.0. The molecule has 3 N–H and O–H groups in total. The van der Waals surface area contributed by atoms with E-state index in [0.717, 1.165) is 42.5 Å². The second kappa shape index (κ2) is 9.50. The van der Waals surface area contributed by atoms with Crippen LogP contribution in [0.15, 0.2) is 42.7 Å². The van der Waals surface area contributed by atoms with Crippen molar-refractivity contribution in [3.05, 3.63) is 54.0 Å². The molecular formula is C25H28F3N3O4. The number of aliphatic hydroxyl groups is 2. The number of carbonyl (C=O) groups excluding carboxylic acids is 1. The molecule has 1 amide bonds. The highest BCUT2D eigenvalue weighted by atomic mass is 19.4. The van der Waals surface area contributed by atoms with E-state index in [-0.39, 0.29) is 12.3 Å². The fourth-order valence-corrected chi connectivity index (χ4v) is 4.56. The minimum Gasteiger partial charge on any atom is -0.396 e. The molecule has 10 heteroatoms. The summed E-state index contributed by atoms with van der Waals surface area (Å²) in [5.41, 5.74) is -0.762. The van der Waals surface area contributed by atoms with E-state index in [1.165, 1.54) is 12.1 Å². The van der Waals surface area contributed by atoms with Crippen molar-refractivity contribution in [1.29, 1.82) is 0 Å². The molecule has 1 aliphatic rings. The Balaban J connectivity index is 1.62. The number of amides is 1. The Morgan fingerprint density at radius 2 is 1.80 bits per heavy atom. The van der Waals surface area contributed by atoms with Gasteiger partial charge in [-0.3, -0.25) is 4.79 Å². The highest BCUT2D eigenvalue weighted by Crippen LogP contribution is 2.37. The molecule has 2 aromatic heterocycles. The Labute approximate surface area is 200 Å². The van der Waals surface area contributed by atoms with Gasteiger partial charge in [0.1, 0.15) is 5.69 Å². The Hall–Kier alpha value is -3.11. The number of halogens is 3. The molecule has 1 aromatic carbocycles. The number of nitrogens with one attached hydrogen (secondary N) is 1. The SMILES string of the molecule is CC(C)(O)c1cc2cn(C3CCC(CO)CC3)cc2cc1NC(=O)c1cccc(OC(F)(F)F)n1. The van der Waals surface area contributed by atoms with Gasteiger partial charge in [-0.05, 0) is 69.0 Å². The molecule has 3 aromatic rings. The number of benzene rings is 1. The molecule has 4 rings (SSSR count). The number of nitrogens with zero attached hydrogens (tertiary/aromatic N) is 2. The van der Waals surface area contributed by atoms with Crippen LogP contribution in [0, 0.1) is 5.92 Å². The minimum absolute atomic E-state index is 0.207. The third-order valence-corrected chi connectivity index (χ3v) is 6.38. The Morgan fingerprint density at radius 1 is 1.14 bits per heavy atom. The van der Waals surface area contributed by atoms with Crippen LogP contribution in [0.25, 0.3) is 10.8 Å². The lowest BCUT2D eigenvalue weighted by Crippen LogP contribution is -2.22. The molecule has 0 bridgehead atoms. The second-order valence-corrected chi connectivity index (χ2v) is 9.51. The van der Waals surface area contributed by atoms with Crippen molar-refractivity contribution in [3.63, 3.8) is 0 Å². The van der Waals surface area contributed by atoms with Crippen LogP contribution < -0.4 is 10.1 Å². The largest absolute Gasteiger partial charge is 0.574 e. The van der Waals surface area contributed by atoms with Crippen molar-refractivity contribution in [2.45, 2.75) is 57.5 Å². The lowest BCUT2D eigenvalue weighted by Gasteiger charge is -2.28. The molecule has 0 saturated heterocycles. The van der Waals surface area contributed by atoms with E-state index < -0.39 is 23.8 Å². The van der Waals surface area contributed by atoms with Gasteiger partial charge in [0.2, 0.25) is 5.88 Å². The monoisotopic (exact) mass is 491 g/mol. The molecule has 0 unspecified atom stereocenters. The number of rotatable bonds is 6. The van der Waals surface area contributed by atoms with Crippen LogP contribution in [0.4, 0.5) is 18.9 Å². The number of fused-ring (bicyclic) bond motifs is 1. The van der Waals surface area contributed by atoms with Gasteiger partial charge in [-0.15, -0.1) is 13.2 Å². The highest BCUT2D eigenvalue weighted by molar-refractivity contribution is 6.04. The molecular weight excluding hydrogens is 463 g/mol. The van der Waals surface area contributed by atoms with E-state index in [4.69, 9.17) is 0 Å². The van der Waals surface area contributed by atoms with Crippen LogP contribution in [-0.4, -0.2) is 38.6 Å². The van der Waals surface area contributed by atoms with E-state index in [1.54, 1.807) is 26.0 Å². The molecule has 1 fully saturated rings. The summed E-state index contributed by atoms with van der Waals surface area (Å²) in [7, 11) is 0. The van der Waals surface area contributed by atoms with Crippen LogP contribution in [0.5, 0.6) is 5.88 Å². The predicted molar refractivity (Wildman–Crippen MR) is 124 cm³/mol. The minimum atomic E-state index is -4.92. The van der Waals surface area contributed by atoms with Crippen molar-refractivity contribution in [1.82, 2.24) is 9.55 Å². The summed E-state index contributed by atoms with van der Waals surface area (Å²) in [4.78, 5) is 16.5. The van der Waals surface area contributed by atoms with Crippen molar-refractivity contribution in [2.75, 3.05) is 11.9 Å².